The number of ketones is 1. The Balaban J connectivity index is 1.93. The Labute approximate surface area is 125 Å². The first-order chi connectivity index (χ1) is 10.7. The monoisotopic (exact) mass is 295 g/mol. The number of Topliss-reactive ketones (excluding diaryl/α,β-unsaturated/α-hetero) is 1. The lowest BCUT2D eigenvalue weighted by Gasteiger charge is -2.04. The van der Waals surface area contributed by atoms with Gasteiger partial charge < -0.3 is 9.72 Å². The van der Waals surface area contributed by atoms with Gasteiger partial charge in [-0.1, -0.05) is 12.1 Å². The minimum Gasteiger partial charge on any atom is -0.497 e. The van der Waals surface area contributed by atoms with Crippen LogP contribution in [-0.2, 0) is 6.42 Å². The van der Waals surface area contributed by atoms with Gasteiger partial charge >= 0.3 is 0 Å². The average molecular weight is 295 g/mol. The fourth-order valence-corrected chi connectivity index (χ4v) is 2.14. The van der Waals surface area contributed by atoms with E-state index in [0.29, 0.717) is 22.3 Å². The van der Waals surface area contributed by atoms with E-state index in [-0.39, 0.29) is 23.5 Å². The lowest BCUT2D eigenvalue weighted by atomic mass is 10.1. The van der Waals surface area contributed by atoms with Crippen LogP contribution < -0.4 is 10.3 Å². The highest BCUT2D eigenvalue weighted by molar-refractivity contribution is 5.97. The maximum Gasteiger partial charge on any atom is 0.270 e. The molecule has 0 amide bonds. The van der Waals surface area contributed by atoms with Crippen molar-refractivity contribution in [3.8, 4) is 5.75 Å². The average Bonchev–Trinajstić information content (AvgIpc) is 2.55. The van der Waals surface area contributed by atoms with Crippen molar-refractivity contribution in [2.45, 2.75) is 6.42 Å². The molecule has 3 rings (SSSR count). The Morgan fingerprint density at radius 2 is 2.18 bits per heavy atom. The molecule has 2 aromatic heterocycles. The van der Waals surface area contributed by atoms with Crippen molar-refractivity contribution >= 4 is 16.8 Å². The minimum absolute atomic E-state index is 0.0761. The first kappa shape index (κ1) is 13.9. The fourth-order valence-electron chi connectivity index (χ4n) is 2.14. The van der Waals surface area contributed by atoms with Gasteiger partial charge in [-0.2, -0.15) is 0 Å². The maximum absolute atomic E-state index is 12.3. The van der Waals surface area contributed by atoms with E-state index in [1.54, 1.807) is 42.7 Å². The number of methoxy groups -OCH3 is 1. The minimum atomic E-state index is -0.366. The number of hydrogen-bond donors (Lipinski definition) is 1. The summed E-state index contributed by atoms with van der Waals surface area (Å²) in [6.07, 6.45) is 3.04. The van der Waals surface area contributed by atoms with Crippen molar-refractivity contribution in [2.75, 3.05) is 7.11 Å². The number of carbonyl (C=O) groups excluding carboxylic acids is 1. The molecule has 0 fully saturated rings. The van der Waals surface area contributed by atoms with Crippen LogP contribution in [0.4, 0.5) is 0 Å². The van der Waals surface area contributed by atoms with Crippen LogP contribution in [0.1, 0.15) is 16.1 Å². The first-order valence-corrected chi connectivity index (χ1v) is 6.67. The van der Waals surface area contributed by atoms with Crippen LogP contribution in [0.2, 0.25) is 0 Å². The van der Waals surface area contributed by atoms with Gasteiger partial charge in [0.15, 0.2) is 5.78 Å². The number of aromatic nitrogens is 3. The third-order valence-corrected chi connectivity index (χ3v) is 3.29. The second kappa shape index (κ2) is 5.77. The lowest BCUT2D eigenvalue weighted by Crippen LogP contribution is -2.19. The predicted octanol–water partition coefficient (Wildman–Crippen LogP) is 1.75. The van der Waals surface area contributed by atoms with E-state index in [2.05, 4.69) is 15.0 Å². The second-order valence-corrected chi connectivity index (χ2v) is 4.74. The molecule has 6 heteroatoms. The molecule has 0 saturated carbocycles. The Morgan fingerprint density at radius 3 is 3.00 bits per heavy atom. The highest BCUT2D eigenvalue weighted by atomic mass is 16.5. The summed E-state index contributed by atoms with van der Waals surface area (Å²) in [4.78, 5) is 35.2. The number of H-pyrrole nitrogens is 1. The molecule has 0 radical (unpaired) electrons. The molecule has 0 aliphatic heterocycles. The Hall–Kier alpha value is -3.02. The molecule has 0 spiro atoms. The summed E-state index contributed by atoms with van der Waals surface area (Å²) in [5, 5.41) is 0. The van der Waals surface area contributed by atoms with Gasteiger partial charge in [0, 0.05) is 11.8 Å². The van der Waals surface area contributed by atoms with Gasteiger partial charge in [0.2, 0.25) is 0 Å². The van der Waals surface area contributed by atoms with E-state index in [0.717, 1.165) is 0 Å². The number of carbonyl (C=O) groups is 1. The summed E-state index contributed by atoms with van der Waals surface area (Å²) in [6.45, 7) is 0. The molecule has 0 bridgehead atoms. The zero-order chi connectivity index (χ0) is 15.5. The molecule has 22 heavy (non-hydrogen) atoms. The van der Waals surface area contributed by atoms with Crippen molar-refractivity contribution in [3.63, 3.8) is 0 Å². The number of rotatable bonds is 4. The van der Waals surface area contributed by atoms with E-state index >= 15 is 0 Å². The van der Waals surface area contributed by atoms with Crippen molar-refractivity contribution in [2.24, 2.45) is 0 Å². The number of benzene rings is 1. The Morgan fingerprint density at radius 1 is 1.32 bits per heavy atom. The smallest absolute Gasteiger partial charge is 0.270 e. The lowest BCUT2D eigenvalue weighted by molar-refractivity contribution is 0.0991. The largest absolute Gasteiger partial charge is 0.497 e. The van der Waals surface area contributed by atoms with Crippen molar-refractivity contribution < 1.29 is 9.53 Å². The third-order valence-electron chi connectivity index (χ3n) is 3.29. The number of nitrogens with one attached hydrogen (secondary N) is 1. The molecular weight excluding hydrogens is 282 g/mol. The molecule has 6 nitrogen and oxygen atoms in total. The van der Waals surface area contributed by atoms with Crippen LogP contribution in [0.3, 0.4) is 0 Å². The molecule has 0 atom stereocenters. The number of pyridine rings is 1. The molecular formula is C16H13N3O3. The van der Waals surface area contributed by atoms with Crippen LogP contribution in [-0.4, -0.2) is 27.8 Å². The molecule has 1 aromatic carbocycles. The van der Waals surface area contributed by atoms with Gasteiger partial charge in [-0.25, -0.2) is 4.98 Å². The van der Waals surface area contributed by atoms with Crippen molar-refractivity contribution in [3.05, 3.63) is 64.3 Å². The van der Waals surface area contributed by atoms with Gasteiger partial charge in [0.25, 0.3) is 5.56 Å². The summed E-state index contributed by atoms with van der Waals surface area (Å²) >= 11 is 0. The van der Waals surface area contributed by atoms with Crippen molar-refractivity contribution in [1.29, 1.82) is 0 Å². The van der Waals surface area contributed by atoms with Crippen LogP contribution in [0.15, 0.2) is 47.5 Å². The maximum atomic E-state index is 12.3. The van der Waals surface area contributed by atoms with Crippen LogP contribution >= 0.6 is 0 Å². The molecule has 0 aliphatic rings. The van der Waals surface area contributed by atoms with Crippen molar-refractivity contribution in [1.82, 2.24) is 15.0 Å². The van der Waals surface area contributed by atoms with Gasteiger partial charge in [-0.3, -0.25) is 14.6 Å². The van der Waals surface area contributed by atoms with Crippen LogP contribution in [0.25, 0.3) is 11.0 Å². The first-order valence-electron chi connectivity index (χ1n) is 6.67. The highest BCUT2D eigenvalue weighted by Crippen LogP contribution is 2.14. The standard InChI is InChI=1S/C16H13N3O3/c1-22-11-4-2-3-10(7-11)15(20)8-13-16(21)19-12-5-6-17-9-14(12)18-13/h2-7,9H,8H2,1H3,(H,19,21). The van der Waals surface area contributed by atoms with E-state index < -0.39 is 0 Å². The van der Waals surface area contributed by atoms with E-state index in [1.807, 2.05) is 0 Å². The number of fused-ring (bicyclic) bond motifs is 1. The predicted molar refractivity (Wildman–Crippen MR) is 81.2 cm³/mol. The summed E-state index contributed by atoms with van der Waals surface area (Å²) < 4.78 is 5.09. The molecule has 1 N–H and O–H groups in total. The summed E-state index contributed by atoms with van der Waals surface area (Å²) in [6, 6.07) is 8.47. The van der Waals surface area contributed by atoms with E-state index in [4.69, 9.17) is 4.74 Å². The summed E-state index contributed by atoms with van der Waals surface area (Å²) in [5.74, 6) is 0.399. The summed E-state index contributed by atoms with van der Waals surface area (Å²) in [5.41, 5.74) is 1.43. The fraction of sp³-hybridized carbons (Fsp3) is 0.125. The quantitative estimate of drug-likeness (QED) is 0.741. The molecule has 110 valence electrons. The van der Waals surface area contributed by atoms with Gasteiger partial charge in [-0.05, 0) is 18.2 Å². The molecule has 0 aliphatic carbocycles. The highest BCUT2D eigenvalue weighted by Gasteiger charge is 2.13. The topological polar surface area (TPSA) is 84.9 Å². The molecule has 3 aromatic rings. The van der Waals surface area contributed by atoms with E-state index in [9.17, 15) is 9.59 Å². The third kappa shape index (κ3) is 2.71. The SMILES string of the molecule is COc1cccc(C(=O)Cc2nc3cnccc3[nH]c2=O)c1. The second-order valence-electron chi connectivity index (χ2n) is 4.74. The molecule has 2 heterocycles. The zero-order valence-electron chi connectivity index (χ0n) is 11.9. The molecule has 0 unspecified atom stereocenters. The number of aromatic amines is 1. The Bertz CT molecular complexity index is 902. The van der Waals surface area contributed by atoms with Gasteiger partial charge in [0.05, 0.1) is 25.2 Å². The van der Waals surface area contributed by atoms with Gasteiger partial charge in [-0.15, -0.1) is 0 Å². The van der Waals surface area contributed by atoms with Crippen LogP contribution in [0.5, 0.6) is 5.75 Å². The Kier molecular flexibility index (Phi) is 3.65. The molecule has 0 saturated heterocycles. The van der Waals surface area contributed by atoms with E-state index in [1.165, 1.54) is 7.11 Å². The van der Waals surface area contributed by atoms with Crippen LogP contribution in [0, 0.1) is 0 Å². The zero-order valence-corrected chi connectivity index (χ0v) is 11.9. The summed E-state index contributed by atoms with van der Waals surface area (Å²) in [7, 11) is 1.53. The van der Waals surface area contributed by atoms with Gasteiger partial charge in [0.1, 0.15) is 17.0 Å². The number of hydrogen-bond acceptors (Lipinski definition) is 5. The number of ether oxygens (including phenoxy) is 1. The normalized spacial score (nSPS) is 10.6. The number of nitrogens with zero attached hydrogens (tertiary/aromatic N) is 2.